The van der Waals surface area contributed by atoms with Crippen molar-refractivity contribution in [1.29, 1.82) is 0 Å². The van der Waals surface area contributed by atoms with Crippen LogP contribution in [0.5, 0.6) is 0 Å². The lowest BCUT2D eigenvalue weighted by molar-refractivity contribution is 0.190. The lowest BCUT2D eigenvalue weighted by atomic mass is 9.75. The molecule has 0 heterocycles. The summed E-state index contributed by atoms with van der Waals surface area (Å²) in [5, 5.41) is 3.61. The maximum atomic E-state index is 6.17. The second-order valence-corrected chi connectivity index (χ2v) is 6.56. The number of nitrogens with one attached hydrogen (secondary N) is 1. The number of hydrogen-bond acceptors (Lipinski definition) is 2. The fraction of sp³-hybridized carbons (Fsp3) is 1.00. The molecule has 0 aromatic rings. The zero-order valence-electron chi connectivity index (χ0n) is 11.1. The molecule has 0 radical (unpaired) electrons. The Bertz CT molecular complexity index is 209. The average Bonchev–Trinajstić information content (AvgIpc) is 2.83. The minimum Gasteiger partial charge on any atom is -0.325 e. The summed E-state index contributed by atoms with van der Waals surface area (Å²) in [6.45, 7) is 13.2. The summed E-state index contributed by atoms with van der Waals surface area (Å²) in [4.78, 5) is 0. The molecular formula is C13H28N2. The van der Waals surface area contributed by atoms with E-state index in [4.69, 9.17) is 5.73 Å². The van der Waals surface area contributed by atoms with Crippen LogP contribution in [-0.4, -0.2) is 18.6 Å². The number of rotatable bonds is 6. The predicted octanol–water partition coefficient (Wildman–Crippen LogP) is 2.53. The van der Waals surface area contributed by atoms with Gasteiger partial charge in [-0.3, -0.25) is 0 Å². The van der Waals surface area contributed by atoms with Gasteiger partial charge in [0.25, 0.3) is 0 Å². The van der Waals surface area contributed by atoms with Crippen LogP contribution < -0.4 is 11.1 Å². The first kappa shape index (κ1) is 13.0. The molecular weight excluding hydrogens is 184 g/mol. The molecule has 0 bridgehead atoms. The molecule has 1 saturated carbocycles. The van der Waals surface area contributed by atoms with Crippen LogP contribution in [0.1, 0.15) is 53.9 Å². The second-order valence-electron chi connectivity index (χ2n) is 6.56. The van der Waals surface area contributed by atoms with Crippen LogP contribution >= 0.6 is 0 Å². The molecule has 0 atom stereocenters. The van der Waals surface area contributed by atoms with Crippen molar-refractivity contribution in [3.05, 3.63) is 0 Å². The molecule has 0 spiro atoms. The van der Waals surface area contributed by atoms with Gasteiger partial charge in [0.2, 0.25) is 0 Å². The van der Waals surface area contributed by atoms with Crippen molar-refractivity contribution in [2.75, 3.05) is 13.1 Å². The molecule has 1 aliphatic carbocycles. The molecule has 15 heavy (non-hydrogen) atoms. The molecule has 0 amide bonds. The summed E-state index contributed by atoms with van der Waals surface area (Å²) in [6, 6.07) is 0. The molecule has 90 valence electrons. The third-order valence-electron chi connectivity index (χ3n) is 4.52. The van der Waals surface area contributed by atoms with E-state index in [1.807, 2.05) is 0 Å². The van der Waals surface area contributed by atoms with Gasteiger partial charge in [0.15, 0.2) is 0 Å². The summed E-state index contributed by atoms with van der Waals surface area (Å²) in [5.41, 5.74) is 6.83. The molecule has 3 N–H and O–H groups in total. The van der Waals surface area contributed by atoms with Crippen LogP contribution in [0.2, 0.25) is 0 Å². The molecule has 0 aliphatic heterocycles. The van der Waals surface area contributed by atoms with Crippen molar-refractivity contribution in [1.82, 2.24) is 5.32 Å². The first-order chi connectivity index (χ1) is 6.72. The predicted molar refractivity (Wildman–Crippen MR) is 66.9 cm³/mol. The van der Waals surface area contributed by atoms with Crippen molar-refractivity contribution in [2.24, 2.45) is 16.6 Å². The van der Waals surface area contributed by atoms with Crippen molar-refractivity contribution < 1.29 is 0 Å². The first-order valence-electron chi connectivity index (χ1n) is 6.22. The standard InChI is InChI=1S/C13H28N2/c1-6-13(7-8-13)10-15-9-11(2,3)12(4,5)14/h15H,6-10,14H2,1-5H3. The van der Waals surface area contributed by atoms with Gasteiger partial charge in [-0.25, -0.2) is 0 Å². The van der Waals surface area contributed by atoms with Crippen LogP contribution in [0, 0.1) is 10.8 Å². The van der Waals surface area contributed by atoms with Gasteiger partial charge in [0.1, 0.15) is 0 Å². The van der Waals surface area contributed by atoms with Gasteiger partial charge in [-0.15, -0.1) is 0 Å². The van der Waals surface area contributed by atoms with E-state index >= 15 is 0 Å². The summed E-state index contributed by atoms with van der Waals surface area (Å²) in [6.07, 6.45) is 4.12. The minimum absolute atomic E-state index is 0.122. The Balaban J connectivity index is 2.31. The van der Waals surface area contributed by atoms with Crippen molar-refractivity contribution in [2.45, 2.75) is 59.4 Å². The molecule has 1 aliphatic rings. The third kappa shape index (κ3) is 3.18. The average molecular weight is 212 g/mol. The van der Waals surface area contributed by atoms with E-state index in [9.17, 15) is 0 Å². The van der Waals surface area contributed by atoms with E-state index in [0.717, 1.165) is 6.54 Å². The number of nitrogens with two attached hydrogens (primary N) is 1. The van der Waals surface area contributed by atoms with Gasteiger partial charge < -0.3 is 11.1 Å². The zero-order chi connectivity index (χ0) is 11.7. The fourth-order valence-electron chi connectivity index (χ4n) is 1.70. The Morgan fingerprint density at radius 3 is 2.07 bits per heavy atom. The number of hydrogen-bond donors (Lipinski definition) is 2. The maximum Gasteiger partial charge on any atom is 0.0161 e. The van der Waals surface area contributed by atoms with Gasteiger partial charge in [-0.05, 0) is 43.9 Å². The lowest BCUT2D eigenvalue weighted by Crippen LogP contribution is -2.52. The van der Waals surface area contributed by atoms with E-state index in [2.05, 4.69) is 39.9 Å². The van der Waals surface area contributed by atoms with Crippen LogP contribution in [-0.2, 0) is 0 Å². The molecule has 0 aromatic carbocycles. The van der Waals surface area contributed by atoms with Crippen LogP contribution in [0.15, 0.2) is 0 Å². The minimum atomic E-state index is -0.122. The van der Waals surface area contributed by atoms with Gasteiger partial charge in [0, 0.05) is 18.6 Å². The van der Waals surface area contributed by atoms with Crippen LogP contribution in [0.3, 0.4) is 0 Å². The van der Waals surface area contributed by atoms with Crippen molar-refractivity contribution >= 4 is 0 Å². The van der Waals surface area contributed by atoms with Gasteiger partial charge in [-0.1, -0.05) is 20.8 Å². The van der Waals surface area contributed by atoms with Gasteiger partial charge >= 0.3 is 0 Å². The monoisotopic (exact) mass is 212 g/mol. The highest BCUT2D eigenvalue weighted by molar-refractivity contribution is 4.96. The maximum absolute atomic E-state index is 6.17. The Morgan fingerprint density at radius 1 is 1.20 bits per heavy atom. The SMILES string of the molecule is CCC1(CNCC(C)(C)C(C)(C)N)CC1. The second kappa shape index (κ2) is 4.06. The Morgan fingerprint density at radius 2 is 1.73 bits per heavy atom. The van der Waals surface area contributed by atoms with Crippen molar-refractivity contribution in [3.8, 4) is 0 Å². The Hall–Kier alpha value is -0.0800. The Labute approximate surface area is 95.0 Å². The first-order valence-corrected chi connectivity index (χ1v) is 6.22. The smallest absolute Gasteiger partial charge is 0.0161 e. The molecule has 1 rings (SSSR count). The highest BCUT2D eigenvalue weighted by atomic mass is 14.9. The molecule has 0 saturated heterocycles. The molecule has 0 aromatic heterocycles. The van der Waals surface area contributed by atoms with Gasteiger partial charge in [-0.2, -0.15) is 0 Å². The molecule has 2 heteroatoms. The topological polar surface area (TPSA) is 38.0 Å². The van der Waals surface area contributed by atoms with E-state index in [1.165, 1.54) is 25.8 Å². The molecule has 2 nitrogen and oxygen atoms in total. The van der Waals surface area contributed by atoms with E-state index in [1.54, 1.807) is 0 Å². The van der Waals surface area contributed by atoms with E-state index < -0.39 is 0 Å². The molecule has 0 unspecified atom stereocenters. The highest BCUT2D eigenvalue weighted by Gasteiger charge is 2.41. The van der Waals surface area contributed by atoms with E-state index in [0.29, 0.717) is 5.41 Å². The lowest BCUT2D eigenvalue weighted by Gasteiger charge is -2.39. The third-order valence-corrected chi connectivity index (χ3v) is 4.52. The zero-order valence-corrected chi connectivity index (χ0v) is 11.1. The highest BCUT2D eigenvalue weighted by Crippen LogP contribution is 2.48. The largest absolute Gasteiger partial charge is 0.325 e. The Kier molecular flexibility index (Phi) is 3.52. The van der Waals surface area contributed by atoms with Crippen LogP contribution in [0.4, 0.5) is 0 Å². The normalized spacial score (nSPS) is 20.4. The van der Waals surface area contributed by atoms with Crippen LogP contribution in [0.25, 0.3) is 0 Å². The summed E-state index contributed by atoms with van der Waals surface area (Å²) >= 11 is 0. The summed E-state index contributed by atoms with van der Waals surface area (Å²) < 4.78 is 0. The summed E-state index contributed by atoms with van der Waals surface area (Å²) in [7, 11) is 0. The fourth-order valence-corrected chi connectivity index (χ4v) is 1.70. The molecule has 1 fully saturated rings. The van der Waals surface area contributed by atoms with E-state index in [-0.39, 0.29) is 11.0 Å². The quantitative estimate of drug-likeness (QED) is 0.710. The summed E-state index contributed by atoms with van der Waals surface area (Å²) in [5.74, 6) is 0. The van der Waals surface area contributed by atoms with Crippen molar-refractivity contribution in [3.63, 3.8) is 0 Å². The van der Waals surface area contributed by atoms with Gasteiger partial charge in [0.05, 0.1) is 0 Å².